The Morgan fingerprint density at radius 3 is 2.72 bits per heavy atom. The molecule has 5 heteroatoms. The summed E-state index contributed by atoms with van der Waals surface area (Å²) >= 11 is 5.92. The Morgan fingerprint density at radius 2 is 2.11 bits per heavy atom. The molecule has 0 spiro atoms. The Kier molecular flexibility index (Phi) is 7.05. The number of aliphatic hydroxyl groups excluding tert-OH is 2. The average molecular weight is 274 g/mol. The smallest absolute Gasteiger partial charge is 0.138 e. The quantitative estimate of drug-likeness (QED) is 0.671. The first-order valence-corrected chi connectivity index (χ1v) is 6.44. The van der Waals surface area contributed by atoms with Gasteiger partial charge in [-0.2, -0.15) is 0 Å². The van der Waals surface area contributed by atoms with E-state index in [1.54, 1.807) is 12.1 Å². The van der Waals surface area contributed by atoms with Crippen molar-refractivity contribution in [1.82, 2.24) is 5.32 Å². The van der Waals surface area contributed by atoms with Gasteiger partial charge in [0.05, 0.1) is 11.6 Å². The lowest BCUT2D eigenvalue weighted by molar-refractivity contribution is 0.0995. The van der Waals surface area contributed by atoms with Crippen LogP contribution in [0.2, 0.25) is 5.02 Å². The second-order valence-electron chi connectivity index (χ2n) is 4.09. The molecule has 4 nitrogen and oxygen atoms in total. The monoisotopic (exact) mass is 273 g/mol. The SMILES string of the molecule is CCC(CO)NCC(O)COc1ccccc1Cl. The summed E-state index contributed by atoms with van der Waals surface area (Å²) in [5, 5.41) is 22.3. The molecule has 18 heavy (non-hydrogen) atoms. The van der Waals surface area contributed by atoms with Gasteiger partial charge in [-0.1, -0.05) is 30.7 Å². The predicted octanol–water partition coefficient (Wildman–Crippen LogP) is 1.44. The average Bonchev–Trinajstić information content (AvgIpc) is 2.39. The van der Waals surface area contributed by atoms with Crippen LogP contribution in [0.15, 0.2) is 24.3 Å². The van der Waals surface area contributed by atoms with E-state index in [4.69, 9.17) is 21.4 Å². The third-order valence-corrected chi connectivity index (χ3v) is 2.94. The number of ether oxygens (including phenoxy) is 1. The zero-order valence-corrected chi connectivity index (χ0v) is 11.2. The number of hydrogen-bond acceptors (Lipinski definition) is 4. The van der Waals surface area contributed by atoms with Gasteiger partial charge in [-0.15, -0.1) is 0 Å². The molecular formula is C13H20ClNO3. The minimum atomic E-state index is -0.637. The number of benzene rings is 1. The molecule has 0 bridgehead atoms. The fourth-order valence-electron chi connectivity index (χ4n) is 1.45. The van der Waals surface area contributed by atoms with Crippen LogP contribution in [0, 0.1) is 0 Å². The van der Waals surface area contributed by atoms with Gasteiger partial charge in [0.25, 0.3) is 0 Å². The molecule has 0 saturated carbocycles. The van der Waals surface area contributed by atoms with Gasteiger partial charge >= 0.3 is 0 Å². The largest absolute Gasteiger partial charge is 0.489 e. The van der Waals surface area contributed by atoms with E-state index in [9.17, 15) is 5.11 Å². The minimum absolute atomic E-state index is 0.0139. The lowest BCUT2D eigenvalue weighted by Crippen LogP contribution is -2.39. The van der Waals surface area contributed by atoms with E-state index >= 15 is 0 Å². The Balaban J connectivity index is 2.29. The zero-order valence-electron chi connectivity index (χ0n) is 10.5. The van der Waals surface area contributed by atoms with Gasteiger partial charge < -0.3 is 20.3 Å². The highest BCUT2D eigenvalue weighted by atomic mass is 35.5. The number of halogens is 1. The normalized spacial score (nSPS) is 14.2. The third-order valence-electron chi connectivity index (χ3n) is 2.62. The molecule has 3 N–H and O–H groups in total. The van der Waals surface area contributed by atoms with Gasteiger partial charge in [-0.3, -0.25) is 0 Å². The van der Waals surface area contributed by atoms with Gasteiger partial charge in [0.15, 0.2) is 0 Å². The van der Waals surface area contributed by atoms with Crippen molar-refractivity contribution in [3.05, 3.63) is 29.3 Å². The molecule has 1 aromatic rings. The minimum Gasteiger partial charge on any atom is -0.489 e. The molecule has 0 saturated heterocycles. The summed E-state index contributed by atoms with van der Waals surface area (Å²) in [5.74, 6) is 0.562. The molecule has 0 radical (unpaired) electrons. The Bertz CT molecular complexity index is 345. The maximum absolute atomic E-state index is 9.73. The van der Waals surface area contributed by atoms with Crippen LogP contribution in [0.1, 0.15) is 13.3 Å². The van der Waals surface area contributed by atoms with E-state index in [1.807, 2.05) is 19.1 Å². The first-order valence-electron chi connectivity index (χ1n) is 6.07. The summed E-state index contributed by atoms with van der Waals surface area (Å²) in [6.07, 6.45) is 0.177. The zero-order chi connectivity index (χ0) is 13.4. The Morgan fingerprint density at radius 1 is 1.39 bits per heavy atom. The maximum Gasteiger partial charge on any atom is 0.138 e. The standard InChI is InChI=1S/C13H20ClNO3/c1-2-10(8-16)15-7-11(17)9-18-13-6-4-3-5-12(13)14/h3-6,10-11,15-17H,2,7-9H2,1H3. The van der Waals surface area contributed by atoms with Crippen LogP contribution in [-0.2, 0) is 0 Å². The lowest BCUT2D eigenvalue weighted by Gasteiger charge is -2.18. The summed E-state index contributed by atoms with van der Waals surface area (Å²) < 4.78 is 5.41. The van der Waals surface area contributed by atoms with Gasteiger partial charge in [-0.25, -0.2) is 0 Å². The number of nitrogens with one attached hydrogen (secondary N) is 1. The number of para-hydroxylation sites is 1. The molecule has 0 aliphatic carbocycles. The molecule has 102 valence electrons. The van der Waals surface area contributed by atoms with Crippen LogP contribution < -0.4 is 10.1 Å². The molecule has 1 rings (SSSR count). The van der Waals surface area contributed by atoms with Gasteiger partial charge in [0.2, 0.25) is 0 Å². The van der Waals surface area contributed by atoms with Crippen molar-refractivity contribution < 1.29 is 14.9 Å². The summed E-state index contributed by atoms with van der Waals surface area (Å²) in [5.41, 5.74) is 0. The molecule has 0 aliphatic rings. The lowest BCUT2D eigenvalue weighted by atomic mass is 10.2. The summed E-state index contributed by atoms with van der Waals surface area (Å²) in [6, 6.07) is 7.15. The maximum atomic E-state index is 9.73. The van der Waals surface area contributed by atoms with E-state index in [2.05, 4.69) is 5.32 Å². The topological polar surface area (TPSA) is 61.7 Å². The van der Waals surface area contributed by atoms with Crippen LogP contribution >= 0.6 is 11.6 Å². The molecule has 1 aromatic carbocycles. The highest BCUT2D eigenvalue weighted by molar-refractivity contribution is 6.32. The number of rotatable bonds is 8. The van der Waals surface area contributed by atoms with Crippen molar-refractivity contribution >= 4 is 11.6 Å². The molecule has 0 amide bonds. The van der Waals surface area contributed by atoms with Crippen LogP contribution in [0.25, 0.3) is 0 Å². The summed E-state index contributed by atoms with van der Waals surface area (Å²) in [4.78, 5) is 0. The summed E-state index contributed by atoms with van der Waals surface area (Å²) in [6.45, 7) is 2.58. The molecular weight excluding hydrogens is 254 g/mol. The fraction of sp³-hybridized carbons (Fsp3) is 0.538. The van der Waals surface area contributed by atoms with Crippen molar-refractivity contribution in [1.29, 1.82) is 0 Å². The first kappa shape index (κ1) is 15.2. The van der Waals surface area contributed by atoms with Crippen molar-refractivity contribution in [2.24, 2.45) is 0 Å². The Labute approximate surface area is 113 Å². The van der Waals surface area contributed by atoms with Gasteiger partial charge in [0, 0.05) is 12.6 Å². The van der Waals surface area contributed by atoms with Gasteiger partial charge in [-0.05, 0) is 18.6 Å². The third kappa shape index (κ3) is 5.23. The molecule has 0 aliphatic heterocycles. The molecule has 2 atom stereocenters. The Hall–Kier alpha value is -0.810. The highest BCUT2D eigenvalue weighted by Crippen LogP contribution is 2.22. The highest BCUT2D eigenvalue weighted by Gasteiger charge is 2.10. The van der Waals surface area contributed by atoms with Crippen LogP contribution in [-0.4, -0.2) is 42.1 Å². The second kappa shape index (κ2) is 8.32. The number of aliphatic hydroxyl groups is 2. The van der Waals surface area contributed by atoms with E-state index in [0.29, 0.717) is 17.3 Å². The number of hydrogen-bond donors (Lipinski definition) is 3. The summed E-state index contributed by atoms with van der Waals surface area (Å²) in [7, 11) is 0. The molecule has 0 heterocycles. The van der Waals surface area contributed by atoms with E-state index < -0.39 is 6.10 Å². The molecule has 0 fully saturated rings. The second-order valence-corrected chi connectivity index (χ2v) is 4.50. The fourth-order valence-corrected chi connectivity index (χ4v) is 1.64. The van der Waals surface area contributed by atoms with Crippen molar-refractivity contribution in [3.8, 4) is 5.75 Å². The van der Waals surface area contributed by atoms with E-state index in [1.165, 1.54) is 0 Å². The van der Waals surface area contributed by atoms with Crippen molar-refractivity contribution in [2.75, 3.05) is 19.8 Å². The van der Waals surface area contributed by atoms with Crippen LogP contribution in [0.5, 0.6) is 5.75 Å². The molecule has 2 unspecified atom stereocenters. The van der Waals surface area contributed by atoms with Crippen LogP contribution in [0.3, 0.4) is 0 Å². The van der Waals surface area contributed by atoms with Gasteiger partial charge in [0.1, 0.15) is 18.5 Å². The van der Waals surface area contributed by atoms with E-state index in [0.717, 1.165) is 6.42 Å². The van der Waals surface area contributed by atoms with Crippen molar-refractivity contribution in [3.63, 3.8) is 0 Å². The first-order chi connectivity index (χ1) is 8.67. The van der Waals surface area contributed by atoms with E-state index in [-0.39, 0.29) is 19.3 Å². The predicted molar refractivity (Wildman–Crippen MR) is 72.1 cm³/mol. The van der Waals surface area contributed by atoms with Crippen molar-refractivity contribution in [2.45, 2.75) is 25.5 Å². The molecule has 0 aromatic heterocycles. The van der Waals surface area contributed by atoms with Crippen LogP contribution in [0.4, 0.5) is 0 Å².